The summed E-state index contributed by atoms with van der Waals surface area (Å²) < 4.78 is 4.94. The molecule has 6 rings (SSSR count). The number of carbonyl (C=O) groups is 1. The van der Waals surface area contributed by atoms with E-state index in [0.717, 1.165) is 65.4 Å². The van der Waals surface area contributed by atoms with Crippen LogP contribution in [0.1, 0.15) is 42.4 Å². The number of amides is 1. The maximum absolute atomic E-state index is 13.1. The van der Waals surface area contributed by atoms with E-state index in [1.807, 2.05) is 30.1 Å². The first kappa shape index (κ1) is 24.6. The largest absolute Gasteiger partial charge is 0.388 e. The van der Waals surface area contributed by atoms with Crippen LogP contribution in [-0.2, 0) is 9.53 Å². The van der Waals surface area contributed by atoms with Crippen LogP contribution in [0, 0.1) is 18.3 Å². The molecule has 8 heteroatoms. The van der Waals surface area contributed by atoms with Crippen LogP contribution >= 0.6 is 0 Å². The molecule has 36 heavy (non-hydrogen) atoms. The third-order valence-corrected chi connectivity index (χ3v) is 7.43. The molecule has 0 atom stereocenters. The van der Waals surface area contributed by atoms with E-state index >= 15 is 0 Å². The molecule has 2 aromatic rings. The first-order valence-corrected chi connectivity index (χ1v) is 12.8. The van der Waals surface area contributed by atoms with Gasteiger partial charge in [-0.05, 0) is 61.4 Å². The summed E-state index contributed by atoms with van der Waals surface area (Å²) in [6.45, 7) is 5.85. The molecular formula is C28H35N5O3. The molecule has 190 valence electrons. The van der Waals surface area contributed by atoms with Crippen LogP contribution < -0.4 is 5.32 Å². The molecular weight excluding hydrogens is 454 g/mol. The second-order valence-corrected chi connectivity index (χ2v) is 10.2. The Kier molecular flexibility index (Phi) is 6.92. The Morgan fingerprint density at radius 3 is 2.42 bits per heavy atom. The van der Waals surface area contributed by atoms with Crippen LogP contribution in [0.15, 0.2) is 41.4 Å². The number of hydroxylamine groups is 2. The van der Waals surface area contributed by atoms with Gasteiger partial charge in [-0.2, -0.15) is 5.06 Å². The quantitative estimate of drug-likeness (QED) is 0.534. The van der Waals surface area contributed by atoms with E-state index in [4.69, 9.17) is 15.1 Å². The van der Waals surface area contributed by atoms with Crippen molar-refractivity contribution >= 4 is 23.6 Å². The summed E-state index contributed by atoms with van der Waals surface area (Å²) in [6.07, 6.45) is 5.56. The maximum atomic E-state index is 13.1. The van der Waals surface area contributed by atoms with Crippen LogP contribution in [0.5, 0.6) is 0 Å². The summed E-state index contributed by atoms with van der Waals surface area (Å²) in [6, 6.07) is 12.3. The van der Waals surface area contributed by atoms with Gasteiger partial charge < -0.3 is 20.7 Å². The van der Waals surface area contributed by atoms with Crippen molar-refractivity contribution in [3.8, 4) is 11.1 Å². The standard InChI is InChI=1S/C24H27N5O2.C4H8O/c1-15-9-17(18-4-6-21(26-2)19(10-18)11-25)3-5-20(15)22-27-24(7-8-24)23(30)29(22)14-16-12-28(31)13-16;1-2-4-5-3-1/h3-6,9-11,16,25-26,31H,7-8,12-14H2,1-2H3;1-4H2. The topological polar surface area (TPSA) is 101 Å². The fourth-order valence-corrected chi connectivity index (χ4v) is 5.09. The minimum atomic E-state index is -0.537. The molecule has 2 saturated heterocycles. The van der Waals surface area contributed by atoms with E-state index in [0.29, 0.717) is 19.6 Å². The second-order valence-electron chi connectivity index (χ2n) is 10.2. The van der Waals surface area contributed by atoms with Gasteiger partial charge in [0.2, 0.25) is 0 Å². The number of anilines is 1. The van der Waals surface area contributed by atoms with Gasteiger partial charge in [-0.25, -0.2) is 0 Å². The SMILES string of the molecule is C1CCOC1.CNc1ccc(-c2ccc(C3=NC4(CC4)C(=O)N3CC3CN(O)C3)c(C)c2)cc1C=N. The molecule has 0 radical (unpaired) electrons. The lowest BCUT2D eigenvalue weighted by Crippen LogP contribution is -2.51. The van der Waals surface area contributed by atoms with Crippen LogP contribution in [0.2, 0.25) is 0 Å². The van der Waals surface area contributed by atoms with Crippen molar-refractivity contribution in [2.24, 2.45) is 10.9 Å². The van der Waals surface area contributed by atoms with Crippen molar-refractivity contribution in [1.82, 2.24) is 9.96 Å². The van der Waals surface area contributed by atoms with Gasteiger partial charge >= 0.3 is 0 Å². The van der Waals surface area contributed by atoms with Crippen molar-refractivity contribution in [3.05, 3.63) is 53.1 Å². The lowest BCUT2D eigenvalue weighted by molar-refractivity contribution is -0.171. The number of ether oxygens (including phenoxy) is 1. The molecule has 1 amide bonds. The van der Waals surface area contributed by atoms with Crippen LogP contribution in [0.3, 0.4) is 0 Å². The maximum Gasteiger partial charge on any atom is 0.256 e. The molecule has 1 saturated carbocycles. The highest BCUT2D eigenvalue weighted by atomic mass is 16.5. The molecule has 1 spiro atoms. The monoisotopic (exact) mass is 489 g/mol. The first-order chi connectivity index (χ1) is 17.4. The number of carbonyl (C=O) groups excluding carboxylic acids is 1. The minimum absolute atomic E-state index is 0.112. The highest BCUT2D eigenvalue weighted by molar-refractivity contribution is 6.17. The summed E-state index contributed by atoms with van der Waals surface area (Å²) >= 11 is 0. The van der Waals surface area contributed by atoms with Gasteiger partial charge in [-0.1, -0.05) is 24.3 Å². The molecule has 0 unspecified atom stereocenters. The number of aryl methyl sites for hydroxylation is 1. The molecule has 3 aliphatic heterocycles. The van der Waals surface area contributed by atoms with Crippen molar-refractivity contribution in [3.63, 3.8) is 0 Å². The van der Waals surface area contributed by atoms with E-state index in [2.05, 4.69) is 30.4 Å². The normalized spacial score (nSPS) is 20.6. The number of amidine groups is 1. The third-order valence-electron chi connectivity index (χ3n) is 7.43. The fourth-order valence-electron chi connectivity index (χ4n) is 5.09. The Morgan fingerprint density at radius 2 is 1.86 bits per heavy atom. The van der Waals surface area contributed by atoms with E-state index in [-0.39, 0.29) is 11.8 Å². The number of benzene rings is 2. The third kappa shape index (κ3) is 4.81. The van der Waals surface area contributed by atoms with E-state index < -0.39 is 5.54 Å². The van der Waals surface area contributed by atoms with Gasteiger partial charge in [0.1, 0.15) is 11.4 Å². The van der Waals surface area contributed by atoms with Crippen LogP contribution in [0.25, 0.3) is 11.1 Å². The zero-order valence-electron chi connectivity index (χ0n) is 21.1. The van der Waals surface area contributed by atoms with Gasteiger partial charge in [0, 0.05) is 68.8 Å². The molecule has 0 aromatic heterocycles. The Hall–Kier alpha value is -3.07. The van der Waals surface area contributed by atoms with Crippen molar-refractivity contribution in [1.29, 1.82) is 5.41 Å². The Labute approximate surface area is 212 Å². The highest BCUT2D eigenvalue weighted by Crippen LogP contribution is 2.46. The average Bonchev–Trinajstić information content (AvgIpc) is 3.28. The summed E-state index contributed by atoms with van der Waals surface area (Å²) in [4.78, 5) is 19.8. The number of rotatable bonds is 6. The molecule has 4 aliphatic rings. The number of nitrogens with one attached hydrogen (secondary N) is 2. The van der Waals surface area contributed by atoms with Gasteiger partial charge in [0.05, 0.1) is 0 Å². The van der Waals surface area contributed by atoms with Gasteiger partial charge in [-0.3, -0.25) is 14.7 Å². The summed E-state index contributed by atoms with van der Waals surface area (Å²) in [5, 5.41) is 21.6. The van der Waals surface area contributed by atoms with Crippen LogP contribution in [0.4, 0.5) is 5.69 Å². The lowest BCUT2D eigenvalue weighted by atomic mass is 9.96. The molecule has 3 N–H and O–H groups in total. The predicted octanol–water partition coefficient (Wildman–Crippen LogP) is 3.94. The summed E-state index contributed by atoms with van der Waals surface area (Å²) in [5.41, 5.74) is 5.40. The molecule has 3 heterocycles. The van der Waals surface area contributed by atoms with Gasteiger partial charge in [0.25, 0.3) is 5.91 Å². The summed E-state index contributed by atoms with van der Waals surface area (Å²) in [7, 11) is 1.85. The van der Waals surface area contributed by atoms with Crippen LogP contribution in [-0.4, -0.2) is 78.6 Å². The minimum Gasteiger partial charge on any atom is -0.388 e. The number of hydrogen-bond acceptors (Lipinski definition) is 7. The molecule has 1 aliphatic carbocycles. The Morgan fingerprint density at radius 1 is 1.17 bits per heavy atom. The highest BCUT2D eigenvalue weighted by Gasteiger charge is 2.57. The molecule has 3 fully saturated rings. The van der Waals surface area contributed by atoms with Crippen molar-refractivity contribution < 1.29 is 14.7 Å². The first-order valence-electron chi connectivity index (χ1n) is 12.8. The zero-order chi connectivity index (χ0) is 25.3. The number of hydrogen-bond donors (Lipinski definition) is 3. The fraction of sp³-hybridized carbons (Fsp3) is 0.464. The lowest BCUT2D eigenvalue weighted by Gasteiger charge is -2.36. The smallest absolute Gasteiger partial charge is 0.256 e. The van der Waals surface area contributed by atoms with Gasteiger partial charge in [0.15, 0.2) is 0 Å². The predicted molar refractivity (Wildman–Crippen MR) is 141 cm³/mol. The molecule has 2 aromatic carbocycles. The van der Waals surface area contributed by atoms with Gasteiger partial charge in [-0.15, -0.1) is 0 Å². The molecule has 8 nitrogen and oxygen atoms in total. The Balaban J connectivity index is 0.000000477. The van der Waals surface area contributed by atoms with E-state index in [1.54, 1.807) is 0 Å². The van der Waals surface area contributed by atoms with Crippen molar-refractivity contribution in [2.45, 2.75) is 38.1 Å². The molecule has 0 bridgehead atoms. The average molecular weight is 490 g/mol. The zero-order valence-corrected chi connectivity index (χ0v) is 21.1. The summed E-state index contributed by atoms with van der Waals surface area (Å²) in [5.74, 6) is 1.16. The van der Waals surface area contributed by atoms with E-state index in [1.165, 1.54) is 24.1 Å². The second kappa shape index (κ2) is 10.1. The Bertz CT molecular complexity index is 1170. The number of nitrogens with zero attached hydrogens (tertiary/aromatic N) is 3. The number of aliphatic imine (C=N–C) groups is 1. The van der Waals surface area contributed by atoms with E-state index in [9.17, 15) is 10.0 Å². The van der Waals surface area contributed by atoms with Crippen molar-refractivity contribution in [2.75, 3.05) is 45.2 Å².